The molecule has 114 valence electrons. The molecule has 1 atom stereocenters. The minimum absolute atomic E-state index is 0.0606. The standard InChI is InChI=1S/C14H20FN5O/c1-4-7-16-12(9-14-17-19-20(2)18-14)10-5-6-13(21-3)11(15)8-10/h5-6,8,12,16H,4,7,9H2,1-3H3. The highest BCUT2D eigenvalue weighted by Gasteiger charge is 2.16. The van der Waals surface area contributed by atoms with Crippen molar-refractivity contribution in [2.75, 3.05) is 13.7 Å². The van der Waals surface area contributed by atoms with Crippen LogP contribution < -0.4 is 10.1 Å². The number of aryl methyl sites for hydroxylation is 1. The average molecular weight is 293 g/mol. The Bertz CT molecular complexity index is 586. The number of benzene rings is 1. The van der Waals surface area contributed by atoms with E-state index in [2.05, 4.69) is 27.7 Å². The first kappa shape index (κ1) is 15.4. The third-order valence-electron chi connectivity index (χ3n) is 3.16. The highest BCUT2D eigenvalue weighted by molar-refractivity contribution is 5.31. The zero-order chi connectivity index (χ0) is 15.2. The van der Waals surface area contributed by atoms with E-state index in [1.807, 2.05) is 6.07 Å². The van der Waals surface area contributed by atoms with Crippen molar-refractivity contribution in [3.63, 3.8) is 0 Å². The Labute approximate surface area is 123 Å². The summed E-state index contributed by atoms with van der Waals surface area (Å²) >= 11 is 0. The summed E-state index contributed by atoms with van der Waals surface area (Å²) in [7, 11) is 3.17. The normalized spacial score (nSPS) is 12.4. The maximum Gasteiger partial charge on any atom is 0.176 e. The summed E-state index contributed by atoms with van der Waals surface area (Å²) in [6.07, 6.45) is 1.54. The second-order valence-electron chi connectivity index (χ2n) is 4.80. The van der Waals surface area contributed by atoms with E-state index < -0.39 is 0 Å². The molecule has 0 amide bonds. The quantitative estimate of drug-likeness (QED) is 0.840. The summed E-state index contributed by atoms with van der Waals surface area (Å²) in [6, 6.07) is 4.92. The predicted molar refractivity (Wildman–Crippen MR) is 76.5 cm³/mol. The molecule has 0 aliphatic rings. The van der Waals surface area contributed by atoms with Crippen LogP contribution in [0.2, 0.25) is 0 Å². The molecule has 0 radical (unpaired) electrons. The zero-order valence-corrected chi connectivity index (χ0v) is 12.5. The number of hydrogen-bond acceptors (Lipinski definition) is 5. The smallest absolute Gasteiger partial charge is 0.176 e. The van der Waals surface area contributed by atoms with Gasteiger partial charge in [-0.25, -0.2) is 4.39 Å². The van der Waals surface area contributed by atoms with Crippen molar-refractivity contribution in [1.29, 1.82) is 0 Å². The molecule has 2 rings (SSSR count). The Kier molecular flexibility index (Phi) is 5.21. The molecule has 1 heterocycles. The lowest BCUT2D eigenvalue weighted by Gasteiger charge is -2.18. The highest BCUT2D eigenvalue weighted by atomic mass is 19.1. The first-order valence-corrected chi connectivity index (χ1v) is 6.93. The molecular weight excluding hydrogens is 273 g/mol. The molecule has 6 nitrogen and oxygen atoms in total. The van der Waals surface area contributed by atoms with Gasteiger partial charge in [0.2, 0.25) is 0 Å². The Balaban J connectivity index is 2.20. The molecule has 7 heteroatoms. The van der Waals surface area contributed by atoms with Crippen molar-refractivity contribution in [3.8, 4) is 5.75 Å². The van der Waals surface area contributed by atoms with E-state index >= 15 is 0 Å². The van der Waals surface area contributed by atoms with Crippen LogP contribution in [-0.2, 0) is 13.5 Å². The minimum Gasteiger partial charge on any atom is -0.494 e. The number of nitrogens with one attached hydrogen (secondary N) is 1. The van der Waals surface area contributed by atoms with Crippen molar-refractivity contribution < 1.29 is 9.13 Å². The molecular formula is C14H20FN5O. The number of aromatic nitrogens is 4. The maximum atomic E-state index is 13.9. The van der Waals surface area contributed by atoms with Gasteiger partial charge in [-0.15, -0.1) is 10.2 Å². The summed E-state index contributed by atoms with van der Waals surface area (Å²) in [6.45, 7) is 2.91. The molecule has 21 heavy (non-hydrogen) atoms. The second-order valence-corrected chi connectivity index (χ2v) is 4.80. The fourth-order valence-corrected chi connectivity index (χ4v) is 2.11. The fraction of sp³-hybridized carbons (Fsp3) is 0.500. The SMILES string of the molecule is CCCNC(Cc1nnn(C)n1)c1ccc(OC)c(F)c1. The molecule has 0 saturated heterocycles. The van der Waals surface area contributed by atoms with Gasteiger partial charge >= 0.3 is 0 Å². The highest BCUT2D eigenvalue weighted by Crippen LogP contribution is 2.23. The topological polar surface area (TPSA) is 64.9 Å². The van der Waals surface area contributed by atoms with Gasteiger partial charge in [0.25, 0.3) is 0 Å². The maximum absolute atomic E-state index is 13.9. The molecule has 2 aromatic rings. The summed E-state index contributed by atoms with van der Waals surface area (Å²) < 4.78 is 18.8. The van der Waals surface area contributed by atoms with E-state index in [0.29, 0.717) is 12.2 Å². The summed E-state index contributed by atoms with van der Waals surface area (Å²) in [5.74, 6) is 0.498. The van der Waals surface area contributed by atoms with E-state index in [-0.39, 0.29) is 17.6 Å². The number of hydrogen-bond donors (Lipinski definition) is 1. The molecule has 1 N–H and O–H groups in total. The lowest BCUT2D eigenvalue weighted by atomic mass is 10.0. The van der Waals surface area contributed by atoms with Crippen molar-refractivity contribution in [3.05, 3.63) is 35.4 Å². The van der Waals surface area contributed by atoms with Crippen LogP contribution in [0.15, 0.2) is 18.2 Å². The van der Waals surface area contributed by atoms with Gasteiger partial charge in [0, 0.05) is 12.5 Å². The van der Waals surface area contributed by atoms with Crippen LogP contribution >= 0.6 is 0 Å². The van der Waals surface area contributed by atoms with E-state index in [1.165, 1.54) is 18.0 Å². The lowest BCUT2D eigenvalue weighted by molar-refractivity contribution is 0.385. The van der Waals surface area contributed by atoms with Crippen LogP contribution in [0.1, 0.15) is 30.8 Å². The zero-order valence-electron chi connectivity index (χ0n) is 12.5. The molecule has 0 aliphatic heterocycles. The summed E-state index contributed by atoms with van der Waals surface area (Å²) in [4.78, 5) is 1.42. The van der Waals surface area contributed by atoms with Crippen LogP contribution in [0.25, 0.3) is 0 Å². The molecule has 0 spiro atoms. The number of rotatable bonds is 7. The first-order valence-electron chi connectivity index (χ1n) is 6.93. The van der Waals surface area contributed by atoms with Gasteiger partial charge < -0.3 is 10.1 Å². The van der Waals surface area contributed by atoms with Gasteiger partial charge in [0.05, 0.1) is 14.2 Å². The van der Waals surface area contributed by atoms with Crippen molar-refractivity contribution in [2.45, 2.75) is 25.8 Å². The molecule has 0 saturated carbocycles. The molecule has 0 bridgehead atoms. The van der Waals surface area contributed by atoms with E-state index in [4.69, 9.17) is 4.74 Å². The summed E-state index contributed by atoms with van der Waals surface area (Å²) in [5, 5.41) is 15.4. The Morgan fingerprint density at radius 3 is 2.81 bits per heavy atom. The molecule has 1 aromatic carbocycles. The van der Waals surface area contributed by atoms with Crippen molar-refractivity contribution in [2.24, 2.45) is 7.05 Å². The van der Waals surface area contributed by atoms with Gasteiger partial charge in [-0.3, -0.25) is 0 Å². The fourth-order valence-electron chi connectivity index (χ4n) is 2.11. The van der Waals surface area contributed by atoms with E-state index in [0.717, 1.165) is 18.5 Å². The van der Waals surface area contributed by atoms with Crippen LogP contribution in [0.3, 0.4) is 0 Å². The number of tetrazole rings is 1. The number of ether oxygens (including phenoxy) is 1. The van der Waals surface area contributed by atoms with Gasteiger partial charge in [0.15, 0.2) is 17.4 Å². The van der Waals surface area contributed by atoms with Gasteiger partial charge in [-0.1, -0.05) is 13.0 Å². The van der Waals surface area contributed by atoms with Crippen LogP contribution in [0.5, 0.6) is 5.75 Å². The number of halogens is 1. The molecule has 0 aliphatic carbocycles. The second kappa shape index (κ2) is 7.12. The molecule has 0 fully saturated rings. The van der Waals surface area contributed by atoms with Crippen LogP contribution in [0, 0.1) is 5.82 Å². The Morgan fingerprint density at radius 1 is 1.43 bits per heavy atom. The molecule has 1 aromatic heterocycles. The molecule has 1 unspecified atom stereocenters. The van der Waals surface area contributed by atoms with E-state index in [1.54, 1.807) is 13.1 Å². The van der Waals surface area contributed by atoms with Crippen molar-refractivity contribution in [1.82, 2.24) is 25.5 Å². The monoisotopic (exact) mass is 293 g/mol. The average Bonchev–Trinajstić information content (AvgIpc) is 2.88. The Hall–Kier alpha value is -2.02. The number of nitrogens with zero attached hydrogens (tertiary/aromatic N) is 4. The third-order valence-corrected chi connectivity index (χ3v) is 3.16. The van der Waals surface area contributed by atoms with E-state index in [9.17, 15) is 4.39 Å². The van der Waals surface area contributed by atoms with Crippen LogP contribution in [0.4, 0.5) is 4.39 Å². The van der Waals surface area contributed by atoms with Crippen LogP contribution in [-0.4, -0.2) is 33.9 Å². The minimum atomic E-state index is -0.370. The lowest BCUT2D eigenvalue weighted by Crippen LogP contribution is -2.24. The predicted octanol–water partition coefficient (Wildman–Crippen LogP) is 1.64. The largest absolute Gasteiger partial charge is 0.494 e. The van der Waals surface area contributed by atoms with Gasteiger partial charge in [0.1, 0.15) is 0 Å². The first-order chi connectivity index (χ1) is 10.1. The summed E-state index contributed by atoms with van der Waals surface area (Å²) in [5.41, 5.74) is 0.842. The van der Waals surface area contributed by atoms with Crippen molar-refractivity contribution >= 4 is 0 Å². The van der Waals surface area contributed by atoms with Gasteiger partial charge in [-0.2, -0.15) is 4.80 Å². The Morgan fingerprint density at radius 2 is 2.24 bits per heavy atom. The number of methoxy groups -OCH3 is 1. The third kappa shape index (κ3) is 3.98. The van der Waals surface area contributed by atoms with Gasteiger partial charge in [-0.05, 0) is 35.9 Å².